The first-order valence-corrected chi connectivity index (χ1v) is 4.87. The highest BCUT2D eigenvalue weighted by Crippen LogP contribution is 1.91. The predicted octanol–water partition coefficient (Wildman–Crippen LogP) is -1.58. The van der Waals surface area contributed by atoms with E-state index in [-0.39, 0.29) is 25.5 Å². The van der Waals surface area contributed by atoms with Crippen LogP contribution in [0.1, 0.15) is 12.8 Å². The average Bonchev–Trinajstić information content (AvgIpc) is 2.25. The molecule has 15 heavy (non-hydrogen) atoms. The monoisotopic (exact) mass is 218 g/mol. The van der Waals surface area contributed by atoms with Crippen molar-refractivity contribution in [3.05, 3.63) is 0 Å². The smallest absolute Gasteiger partial charge is 0.220 e. The molecule has 0 aromatic rings. The van der Waals surface area contributed by atoms with Crippen LogP contribution < -0.4 is 11.1 Å². The summed E-state index contributed by atoms with van der Waals surface area (Å²) >= 11 is 0. The lowest BCUT2D eigenvalue weighted by Gasteiger charge is -2.06. The molecule has 0 spiro atoms. The highest BCUT2D eigenvalue weighted by Gasteiger charge is 2.04. The van der Waals surface area contributed by atoms with Crippen molar-refractivity contribution in [3.63, 3.8) is 0 Å². The minimum Gasteiger partial charge on any atom is -0.394 e. The number of rotatable bonds is 9. The van der Waals surface area contributed by atoms with Crippen molar-refractivity contribution in [1.82, 2.24) is 5.32 Å². The second kappa shape index (κ2) is 9.57. The molecule has 0 radical (unpaired) electrons. The summed E-state index contributed by atoms with van der Waals surface area (Å²) in [6, 6.07) is -0.568. The van der Waals surface area contributed by atoms with Crippen molar-refractivity contribution in [2.24, 2.45) is 5.73 Å². The molecular formula is C9H18N2O4. The Hall–Kier alpha value is -0.980. The van der Waals surface area contributed by atoms with Gasteiger partial charge in [0, 0.05) is 13.0 Å². The Kier molecular flexibility index (Phi) is 8.95. The number of aldehydes is 1. The van der Waals surface area contributed by atoms with E-state index in [1.54, 1.807) is 0 Å². The minimum absolute atomic E-state index is 0.0257. The fraction of sp³-hybridized carbons (Fsp3) is 0.778. The summed E-state index contributed by atoms with van der Waals surface area (Å²) in [4.78, 5) is 21.3. The summed E-state index contributed by atoms with van der Waals surface area (Å²) < 4.78 is 4.93. The third-order valence-corrected chi connectivity index (χ3v) is 1.68. The van der Waals surface area contributed by atoms with Gasteiger partial charge in [0.05, 0.1) is 25.9 Å². The van der Waals surface area contributed by atoms with E-state index < -0.39 is 6.04 Å². The Bertz CT molecular complexity index is 187. The van der Waals surface area contributed by atoms with Crippen molar-refractivity contribution >= 4 is 12.2 Å². The molecule has 0 aromatic heterocycles. The summed E-state index contributed by atoms with van der Waals surface area (Å²) in [6.07, 6.45) is 1.21. The van der Waals surface area contributed by atoms with Crippen LogP contribution in [0.15, 0.2) is 0 Å². The van der Waals surface area contributed by atoms with E-state index in [0.717, 1.165) is 0 Å². The maximum atomic E-state index is 11.1. The molecule has 0 aliphatic carbocycles. The number of hydrogen-bond donors (Lipinski definition) is 3. The number of nitrogens with one attached hydrogen (secondary N) is 1. The highest BCUT2D eigenvalue weighted by atomic mass is 16.5. The molecule has 6 nitrogen and oxygen atoms in total. The SMILES string of the molecule is NC(C=O)CCC(=O)NCCOCCO. The van der Waals surface area contributed by atoms with Crippen LogP contribution in [0.25, 0.3) is 0 Å². The summed E-state index contributed by atoms with van der Waals surface area (Å²) in [5, 5.41) is 11.0. The molecule has 0 heterocycles. The second-order valence-electron chi connectivity index (χ2n) is 3.02. The van der Waals surface area contributed by atoms with Gasteiger partial charge in [-0.2, -0.15) is 0 Å². The maximum Gasteiger partial charge on any atom is 0.220 e. The molecule has 0 fully saturated rings. The van der Waals surface area contributed by atoms with Crippen molar-refractivity contribution in [2.45, 2.75) is 18.9 Å². The van der Waals surface area contributed by atoms with Crippen LogP contribution in [0.2, 0.25) is 0 Å². The topological polar surface area (TPSA) is 102 Å². The number of nitrogens with two attached hydrogens (primary N) is 1. The van der Waals surface area contributed by atoms with E-state index in [9.17, 15) is 9.59 Å². The van der Waals surface area contributed by atoms with E-state index in [1.165, 1.54) is 0 Å². The Morgan fingerprint density at radius 2 is 2.27 bits per heavy atom. The zero-order chi connectivity index (χ0) is 11.5. The zero-order valence-corrected chi connectivity index (χ0v) is 8.65. The fourth-order valence-corrected chi connectivity index (χ4v) is 0.883. The number of ether oxygens (including phenoxy) is 1. The quantitative estimate of drug-likeness (QED) is 0.320. The van der Waals surface area contributed by atoms with Gasteiger partial charge < -0.3 is 25.7 Å². The Balaban J connectivity index is 3.29. The van der Waals surface area contributed by atoms with Gasteiger partial charge in [-0.05, 0) is 6.42 Å². The molecule has 1 unspecified atom stereocenters. The largest absolute Gasteiger partial charge is 0.394 e. The molecule has 4 N–H and O–H groups in total. The number of carbonyl (C=O) groups is 2. The van der Waals surface area contributed by atoms with Gasteiger partial charge in [-0.3, -0.25) is 4.79 Å². The average molecular weight is 218 g/mol. The molecule has 0 saturated heterocycles. The molecule has 0 saturated carbocycles. The van der Waals surface area contributed by atoms with Crippen molar-refractivity contribution in [1.29, 1.82) is 0 Å². The minimum atomic E-state index is -0.568. The van der Waals surface area contributed by atoms with Crippen LogP contribution in [-0.4, -0.2) is 49.7 Å². The van der Waals surface area contributed by atoms with Gasteiger partial charge in [-0.1, -0.05) is 0 Å². The number of carbonyl (C=O) groups excluding carboxylic acids is 2. The summed E-state index contributed by atoms with van der Waals surface area (Å²) in [7, 11) is 0. The van der Waals surface area contributed by atoms with Gasteiger partial charge in [0.1, 0.15) is 6.29 Å². The van der Waals surface area contributed by atoms with Gasteiger partial charge in [-0.25, -0.2) is 0 Å². The third kappa shape index (κ3) is 9.33. The molecule has 6 heteroatoms. The van der Waals surface area contributed by atoms with Gasteiger partial charge >= 0.3 is 0 Å². The van der Waals surface area contributed by atoms with Gasteiger partial charge in [0.15, 0.2) is 0 Å². The first kappa shape index (κ1) is 14.0. The maximum absolute atomic E-state index is 11.1. The molecule has 1 amide bonds. The van der Waals surface area contributed by atoms with Gasteiger partial charge in [-0.15, -0.1) is 0 Å². The second-order valence-corrected chi connectivity index (χ2v) is 3.02. The molecule has 1 atom stereocenters. The molecule has 88 valence electrons. The van der Waals surface area contributed by atoms with Crippen LogP contribution in [0.3, 0.4) is 0 Å². The lowest BCUT2D eigenvalue weighted by Crippen LogP contribution is -2.30. The fourth-order valence-electron chi connectivity index (χ4n) is 0.883. The third-order valence-electron chi connectivity index (χ3n) is 1.68. The Morgan fingerprint density at radius 1 is 1.53 bits per heavy atom. The Labute approximate surface area is 88.8 Å². The standard InChI is InChI=1S/C9H18N2O4/c10-8(7-13)1-2-9(14)11-3-5-15-6-4-12/h7-8,12H,1-6,10H2,(H,11,14). The first-order valence-electron chi connectivity index (χ1n) is 4.87. The van der Waals surface area contributed by atoms with E-state index in [2.05, 4.69) is 5.32 Å². The van der Waals surface area contributed by atoms with Crippen molar-refractivity contribution in [2.75, 3.05) is 26.4 Å². The molecule has 0 aromatic carbocycles. The molecule has 0 rings (SSSR count). The van der Waals surface area contributed by atoms with Gasteiger partial charge in [0.2, 0.25) is 5.91 Å². The zero-order valence-electron chi connectivity index (χ0n) is 8.65. The number of hydrogen-bond acceptors (Lipinski definition) is 5. The van der Waals surface area contributed by atoms with Crippen molar-refractivity contribution in [3.8, 4) is 0 Å². The number of aliphatic hydroxyl groups excluding tert-OH is 1. The number of amides is 1. The van der Waals surface area contributed by atoms with Crippen molar-refractivity contribution < 1.29 is 19.4 Å². The number of aliphatic hydroxyl groups is 1. The molecule has 0 aliphatic heterocycles. The van der Waals surface area contributed by atoms with E-state index >= 15 is 0 Å². The highest BCUT2D eigenvalue weighted by molar-refractivity contribution is 5.76. The van der Waals surface area contributed by atoms with Crippen LogP contribution >= 0.6 is 0 Å². The normalized spacial score (nSPS) is 12.1. The van der Waals surface area contributed by atoms with Crippen LogP contribution in [0, 0.1) is 0 Å². The predicted molar refractivity (Wildman–Crippen MR) is 54.2 cm³/mol. The summed E-state index contributed by atoms with van der Waals surface area (Å²) in [5.74, 6) is -0.153. The van der Waals surface area contributed by atoms with E-state index in [4.69, 9.17) is 15.6 Å². The molecule has 0 bridgehead atoms. The van der Waals surface area contributed by atoms with Crippen LogP contribution in [0.5, 0.6) is 0 Å². The van der Waals surface area contributed by atoms with E-state index in [0.29, 0.717) is 25.9 Å². The van der Waals surface area contributed by atoms with Crippen LogP contribution in [-0.2, 0) is 14.3 Å². The lowest BCUT2D eigenvalue weighted by atomic mass is 10.2. The molecule has 0 aliphatic rings. The van der Waals surface area contributed by atoms with Gasteiger partial charge in [0.25, 0.3) is 0 Å². The summed E-state index contributed by atoms with van der Waals surface area (Å²) in [6.45, 7) is 1.01. The summed E-state index contributed by atoms with van der Waals surface area (Å²) in [5.41, 5.74) is 5.32. The lowest BCUT2D eigenvalue weighted by molar-refractivity contribution is -0.121. The molecular weight excluding hydrogens is 200 g/mol. The first-order chi connectivity index (χ1) is 7.20. The van der Waals surface area contributed by atoms with Crippen LogP contribution in [0.4, 0.5) is 0 Å². The Morgan fingerprint density at radius 3 is 2.87 bits per heavy atom. The van der Waals surface area contributed by atoms with E-state index in [1.807, 2.05) is 0 Å².